The highest BCUT2D eigenvalue weighted by molar-refractivity contribution is 6.35. The number of hydrogen-bond donors (Lipinski definition) is 1. The monoisotopic (exact) mass is 478 g/mol. The molecule has 4 rings (SSSR count). The Morgan fingerprint density at radius 3 is 2.45 bits per heavy atom. The van der Waals surface area contributed by atoms with Crippen LogP contribution in [-0.2, 0) is 9.53 Å². The van der Waals surface area contributed by atoms with E-state index in [2.05, 4.69) is 5.32 Å². The molecule has 0 atom stereocenters. The van der Waals surface area contributed by atoms with E-state index < -0.39 is 18.5 Å². The molecule has 166 valence electrons. The number of esters is 1. The van der Waals surface area contributed by atoms with Crippen molar-refractivity contribution in [3.63, 3.8) is 0 Å². The first-order valence-electron chi connectivity index (χ1n) is 10.2. The minimum Gasteiger partial charge on any atom is -0.452 e. The van der Waals surface area contributed by atoms with Gasteiger partial charge in [-0.1, -0.05) is 71.2 Å². The molecule has 4 aromatic rings. The highest BCUT2D eigenvalue weighted by Crippen LogP contribution is 2.30. The van der Waals surface area contributed by atoms with Crippen LogP contribution in [-0.4, -0.2) is 23.5 Å². The average Bonchev–Trinajstić information content (AvgIpc) is 2.80. The number of ether oxygens (including phenoxy) is 1. The Balaban J connectivity index is 1.62. The Morgan fingerprint density at radius 2 is 1.70 bits per heavy atom. The zero-order valence-corrected chi connectivity index (χ0v) is 19.5. The van der Waals surface area contributed by atoms with E-state index >= 15 is 0 Å². The van der Waals surface area contributed by atoms with Gasteiger partial charge in [0.1, 0.15) is 0 Å². The number of aromatic nitrogens is 1. The molecule has 1 amide bonds. The fraction of sp³-hybridized carbons (Fsp3) is 0.115. The molecule has 1 N–H and O–H groups in total. The van der Waals surface area contributed by atoms with Crippen LogP contribution in [0.1, 0.15) is 21.5 Å². The van der Waals surface area contributed by atoms with Gasteiger partial charge >= 0.3 is 5.97 Å². The van der Waals surface area contributed by atoms with Crippen molar-refractivity contribution in [2.75, 3.05) is 11.9 Å². The number of nitrogens with one attached hydrogen (secondary N) is 1. The normalized spacial score (nSPS) is 10.8. The summed E-state index contributed by atoms with van der Waals surface area (Å²) in [6, 6.07) is 20.0. The van der Waals surface area contributed by atoms with E-state index in [-0.39, 0.29) is 0 Å². The molecule has 0 fully saturated rings. The molecule has 5 nitrogen and oxygen atoms in total. The second-order valence-corrected chi connectivity index (χ2v) is 8.44. The number of hydrogen-bond acceptors (Lipinski definition) is 4. The predicted molar refractivity (Wildman–Crippen MR) is 132 cm³/mol. The fourth-order valence-corrected chi connectivity index (χ4v) is 3.88. The van der Waals surface area contributed by atoms with Gasteiger partial charge in [0.25, 0.3) is 5.91 Å². The van der Waals surface area contributed by atoms with Crippen molar-refractivity contribution in [1.29, 1.82) is 0 Å². The number of carbonyl (C=O) groups excluding carboxylic acids is 2. The van der Waals surface area contributed by atoms with Crippen molar-refractivity contribution in [3.05, 3.63) is 93.5 Å². The number of para-hydroxylation sites is 1. The molecule has 0 saturated heterocycles. The lowest BCUT2D eigenvalue weighted by Gasteiger charge is -2.14. The van der Waals surface area contributed by atoms with Crippen LogP contribution >= 0.6 is 23.2 Å². The van der Waals surface area contributed by atoms with Crippen LogP contribution in [0.25, 0.3) is 22.2 Å². The van der Waals surface area contributed by atoms with Crippen LogP contribution in [0.4, 0.5) is 5.69 Å². The molecule has 33 heavy (non-hydrogen) atoms. The first-order chi connectivity index (χ1) is 15.8. The first-order valence-corrected chi connectivity index (χ1v) is 11.0. The smallest absolute Gasteiger partial charge is 0.339 e. The van der Waals surface area contributed by atoms with Crippen LogP contribution in [0.5, 0.6) is 0 Å². The maximum atomic E-state index is 13.1. The molecule has 0 saturated carbocycles. The maximum absolute atomic E-state index is 13.1. The van der Waals surface area contributed by atoms with Gasteiger partial charge < -0.3 is 10.1 Å². The van der Waals surface area contributed by atoms with Gasteiger partial charge in [0, 0.05) is 16.0 Å². The molecular weight excluding hydrogens is 459 g/mol. The Bertz CT molecular complexity index is 1370. The van der Waals surface area contributed by atoms with E-state index in [1.54, 1.807) is 12.1 Å². The largest absolute Gasteiger partial charge is 0.452 e. The summed E-state index contributed by atoms with van der Waals surface area (Å²) < 4.78 is 5.38. The van der Waals surface area contributed by atoms with Gasteiger partial charge in [-0.2, -0.15) is 0 Å². The van der Waals surface area contributed by atoms with Crippen molar-refractivity contribution in [3.8, 4) is 11.3 Å². The maximum Gasteiger partial charge on any atom is 0.339 e. The lowest BCUT2D eigenvalue weighted by atomic mass is 9.97. The Labute approximate surface area is 201 Å². The van der Waals surface area contributed by atoms with E-state index in [1.807, 2.05) is 62.4 Å². The highest BCUT2D eigenvalue weighted by atomic mass is 35.5. The third kappa shape index (κ3) is 5.00. The second-order valence-electron chi connectivity index (χ2n) is 7.59. The molecule has 0 bridgehead atoms. The number of amides is 1. The predicted octanol–water partition coefficient (Wildman–Crippen LogP) is 6.62. The van der Waals surface area contributed by atoms with Crippen LogP contribution in [0.15, 0.2) is 66.7 Å². The van der Waals surface area contributed by atoms with Gasteiger partial charge in [-0.15, -0.1) is 0 Å². The molecular formula is C26H20Cl2N2O3. The summed E-state index contributed by atoms with van der Waals surface area (Å²) in [5.41, 5.74) is 4.79. The van der Waals surface area contributed by atoms with Crippen molar-refractivity contribution in [2.45, 2.75) is 13.8 Å². The van der Waals surface area contributed by atoms with Crippen molar-refractivity contribution in [2.24, 2.45) is 0 Å². The number of anilines is 1. The molecule has 0 aliphatic heterocycles. The van der Waals surface area contributed by atoms with Crippen LogP contribution in [0.3, 0.4) is 0 Å². The number of nitrogens with zero attached hydrogens (tertiary/aromatic N) is 1. The summed E-state index contributed by atoms with van der Waals surface area (Å²) in [5.74, 6) is -1.13. The summed E-state index contributed by atoms with van der Waals surface area (Å²) >= 11 is 12.0. The van der Waals surface area contributed by atoms with Gasteiger partial charge in [0.2, 0.25) is 0 Å². The lowest BCUT2D eigenvalue weighted by molar-refractivity contribution is -0.119. The molecule has 7 heteroatoms. The van der Waals surface area contributed by atoms with Gasteiger partial charge in [-0.25, -0.2) is 9.78 Å². The first kappa shape index (κ1) is 22.8. The number of pyridine rings is 1. The number of aryl methyl sites for hydroxylation is 1. The molecule has 0 aliphatic rings. The van der Waals surface area contributed by atoms with Crippen LogP contribution < -0.4 is 5.32 Å². The SMILES string of the molecule is Cc1ccc(-c2nc3ccccc3c(C(=O)OCC(=O)Nc3cc(Cl)ccc3Cl)c2C)cc1. The third-order valence-corrected chi connectivity index (χ3v) is 5.77. The molecule has 0 unspecified atom stereocenters. The van der Waals surface area contributed by atoms with E-state index in [0.29, 0.717) is 43.5 Å². The zero-order valence-electron chi connectivity index (χ0n) is 18.0. The zero-order chi connectivity index (χ0) is 23.5. The quantitative estimate of drug-likeness (QED) is 0.327. The molecule has 0 radical (unpaired) electrons. The van der Waals surface area contributed by atoms with Crippen LogP contribution in [0, 0.1) is 13.8 Å². The van der Waals surface area contributed by atoms with E-state index in [4.69, 9.17) is 32.9 Å². The standard InChI is InChI=1S/C26H20Cl2N2O3/c1-15-7-9-17(10-8-15)25-16(2)24(19-5-3-4-6-21(19)30-25)26(32)33-14-23(31)29-22-13-18(27)11-12-20(22)28/h3-13H,14H2,1-2H3,(H,29,31). The number of carbonyl (C=O) groups is 2. The highest BCUT2D eigenvalue weighted by Gasteiger charge is 2.21. The summed E-state index contributed by atoms with van der Waals surface area (Å²) in [6.07, 6.45) is 0. The van der Waals surface area contributed by atoms with Crippen LogP contribution in [0.2, 0.25) is 10.0 Å². The number of fused-ring (bicyclic) bond motifs is 1. The Kier molecular flexibility index (Phi) is 6.63. The topological polar surface area (TPSA) is 68.3 Å². The molecule has 0 spiro atoms. The van der Waals surface area contributed by atoms with E-state index in [9.17, 15) is 9.59 Å². The second kappa shape index (κ2) is 9.61. The van der Waals surface area contributed by atoms with Gasteiger partial charge in [-0.05, 0) is 43.7 Å². The minimum atomic E-state index is -0.605. The molecule has 0 aliphatic carbocycles. The number of benzene rings is 3. The van der Waals surface area contributed by atoms with Crippen molar-refractivity contribution >= 4 is 51.7 Å². The lowest BCUT2D eigenvalue weighted by Crippen LogP contribution is -2.21. The number of rotatable bonds is 5. The van der Waals surface area contributed by atoms with Crippen molar-refractivity contribution in [1.82, 2.24) is 4.98 Å². The molecule has 1 aromatic heterocycles. The van der Waals surface area contributed by atoms with Gasteiger partial charge in [0.15, 0.2) is 6.61 Å². The molecule has 1 heterocycles. The van der Waals surface area contributed by atoms with Crippen molar-refractivity contribution < 1.29 is 14.3 Å². The van der Waals surface area contributed by atoms with E-state index in [1.165, 1.54) is 6.07 Å². The average molecular weight is 479 g/mol. The van der Waals surface area contributed by atoms with Gasteiger partial charge in [-0.3, -0.25) is 4.79 Å². The summed E-state index contributed by atoms with van der Waals surface area (Å²) in [4.78, 5) is 30.3. The van der Waals surface area contributed by atoms with E-state index in [0.717, 1.165) is 11.1 Å². The van der Waals surface area contributed by atoms with Gasteiger partial charge in [0.05, 0.1) is 27.5 Å². The minimum absolute atomic E-state index is 0.331. The Morgan fingerprint density at radius 1 is 0.970 bits per heavy atom. The summed E-state index contributed by atoms with van der Waals surface area (Å²) in [7, 11) is 0. The fourth-order valence-electron chi connectivity index (χ4n) is 3.55. The summed E-state index contributed by atoms with van der Waals surface area (Å²) in [5, 5.41) is 4.02. The summed E-state index contributed by atoms with van der Waals surface area (Å²) in [6.45, 7) is 3.36. The molecule has 3 aromatic carbocycles. The third-order valence-electron chi connectivity index (χ3n) is 5.20. The number of halogens is 2. The Hall–Kier alpha value is -3.41.